The van der Waals surface area contributed by atoms with Crippen molar-refractivity contribution in [3.8, 4) is 11.3 Å². The SMILES string of the molecule is Cc1nnn(C)c1-c1cnc2c3cc4c(cc3n(C(c3ccccc3)C3CCOCC3)c2c1)CCC4. The third-order valence-electron chi connectivity index (χ3n) is 8.25. The van der Waals surface area contributed by atoms with Gasteiger partial charge in [-0.25, -0.2) is 4.68 Å². The summed E-state index contributed by atoms with van der Waals surface area (Å²) in [5.41, 5.74) is 10.9. The number of aromatic nitrogens is 5. The topological polar surface area (TPSA) is 57.8 Å². The summed E-state index contributed by atoms with van der Waals surface area (Å²) in [6.07, 6.45) is 7.69. The molecule has 0 radical (unpaired) electrons. The number of fused-ring (bicyclic) bond motifs is 4. The van der Waals surface area contributed by atoms with Crippen LogP contribution in [0.2, 0.25) is 0 Å². The first-order valence-corrected chi connectivity index (χ1v) is 13.1. The van der Waals surface area contributed by atoms with Crippen molar-refractivity contribution in [1.29, 1.82) is 0 Å². The minimum atomic E-state index is 0.220. The summed E-state index contributed by atoms with van der Waals surface area (Å²) in [6.45, 7) is 3.66. The lowest BCUT2D eigenvalue weighted by atomic mass is 9.86. The number of benzene rings is 2. The van der Waals surface area contributed by atoms with Crippen LogP contribution in [-0.2, 0) is 24.6 Å². The molecule has 1 atom stereocenters. The summed E-state index contributed by atoms with van der Waals surface area (Å²) in [5, 5.41) is 9.82. The predicted octanol–water partition coefficient (Wildman–Crippen LogP) is 5.80. The molecule has 0 saturated carbocycles. The average Bonchev–Trinajstić information content (AvgIpc) is 3.60. The zero-order valence-electron chi connectivity index (χ0n) is 20.9. The molecule has 1 aliphatic heterocycles. The maximum atomic E-state index is 5.79. The molecule has 0 bridgehead atoms. The van der Waals surface area contributed by atoms with Gasteiger partial charge in [-0.2, -0.15) is 0 Å². The van der Waals surface area contributed by atoms with E-state index in [0.717, 1.165) is 54.9 Å². The highest BCUT2D eigenvalue weighted by atomic mass is 16.5. The highest BCUT2D eigenvalue weighted by Crippen LogP contribution is 2.42. The highest BCUT2D eigenvalue weighted by molar-refractivity contribution is 6.07. The molecule has 182 valence electrons. The normalized spacial score (nSPS) is 17.2. The van der Waals surface area contributed by atoms with E-state index in [4.69, 9.17) is 9.72 Å². The Morgan fingerprint density at radius 3 is 2.50 bits per heavy atom. The van der Waals surface area contributed by atoms with E-state index < -0.39 is 0 Å². The van der Waals surface area contributed by atoms with Crippen molar-refractivity contribution in [3.63, 3.8) is 0 Å². The Balaban J connectivity index is 1.55. The Bertz CT molecular complexity index is 1560. The molecule has 1 fully saturated rings. The standard InChI is InChI=1S/C30H31N5O/c1-19-29(34(2)33-32-19)24-17-27-28(31-18-24)25-15-22-9-6-10-23(22)16-26(25)35(27)30(20-7-4-3-5-8-20)21-11-13-36-14-12-21/h3-5,7-8,15-18,21,30H,6,9-14H2,1-2H3. The summed E-state index contributed by atoms with van der Waals surface area (Å²) in [5.74, 6) is 0.497. The van der Waals surface area contributed by atoms with Gasteiger partial charge in [0.05, 0.1) is 34.0 Å². The van der Waals surface area contributed by atoms with Gasteiger partial charge in [-0.05, 0) is 79.8 Å². The van der Waals surface area contributed by atoms with E-state index in [1.54, 1.807) is 0 Å². The minimum absolute atomic E-state index is 0.220. The van der Waals surface area contributed by atoms with E-state index in [2.05, 4.69) is 63.4 Å². The third kappa shape index (κ3) is 3.39. The van der Waals surface area contributed by atoms with Crippen molar-refractivity contribution >= 4 is 21.9 Å². The zero-order valence-corrected chi connectivity index (χ0v) is 20.9. The van der Waals surface area contributed by atoms with Crippen molar-refractivity contribution in [2.24, 2.45) is 13.0 Å². The fourth-order valence-electron chi connectivity index (χ4n) is 6.57. The van der Waals surface area contributed by atoms with Gasteiger partial charge in [0.1, 0.15) is 0 Å². The Hall–Kier alpha value is -3.51. The molecule has 1 unspecified atom stereocenters. The summed E-state index contributed by atoms with van der Waals surface area (Å²) in [7, 11) is 1.95. The smallest absolute Gasteiger partial charge is 0.0960 e. The fraction of sp³-hybridized carbons (Fsp3) is 0.367. The predicted molar refractivity (Wildman–Crippen MR) is 142 cm³/mol. The molecule has 0 spiro atoms. The number of ether oxygens (including phenoxy) is 1. The molecular weight excluding hydrogens is 446 g/mol. The van der Waals surface area contributed by atoms with E-state index in [-0.39, 0.29) is 6.04 Å². The van der Waals surface area contributed by atoms with Crippen LogP contribution in [0.4, 0.5) is 0 Å². The largest absolute Gasteiger partial charge is 0.381 e. The average molecular weight is 478 g/mol. The van der Waals surface area contributed by atoms with Gasteiger partial charge in [-0.15, -0.1) is 5.10 Å². The van der Waals surface area contributed by atoms with Crippen LogP contribution < -0.4 is 0 Å². The van der Waals surface area contributed by atoms with Crippen LogP contribution in [0.25, 0.3) is 33.2 Å². The van der Waals surface area contributed by atoms with Crippen LogP contribution in [0.15, 0.2) is 54.7 Å². The zero-order chi connectivity index (χ0) is 24.2. The number of rotatable bonds is 4. The number of pyridine rings is 1. The molecule has 1 saturated heterocycles. The van der Waals surface area contributed by atoms with E-state index in [1.807, 2.05) is 24.9 Å². The van der Waals surface area contributed by atoms with Gasteiger partial charge < -0.3 is 9.30 Å². The quantitative estimate of drug-likeness (QED) is 0.328. The van der Waals surface area contributed by atoms with Crippen LogP contribution in [0.3, 0.4) is 0 Å². The Kier molecular flexibility index (Phi) is 5.17. The highest BCUT2D eigenvalue weighted by Gasteiger charge is 2.31. The lowest BCUT2D eigenvalue weighted by Crippen LogP contribution is -2.26. The molecule has 3 aromatic heterocycles. The molecule has 4 heterocycles. The molecule has 1 aliphatic carbocycles. The summed E-state index contributed by atoms with van der Waals surface area (Å²) in [6, 6.07) is 18.4. The first-order valence-electron chi connectivity index (χ1n) is 13.1. The maximum absolute atomic E-state index is 5.79. The lowest BCUT2D eigenvalue weighted by Gasteiger charge is -2.33. The van der Waals surface area contributed by atoms with Gasteiger partial charge in [-0.1, -0.05) is 35.5 Å². The number of hydrogen-bond donors (Lipinski definition) is 0. The first kappa shape index (κ1) is 21.7. The Morgan fingerprint density at radius 2 is 1.75 bits per heavy atom. The van der Waals surface area contributed by atoms with Crippen molar-refractivity contribution in [1.82, 2.24) is 24.5 Å². The van der Waals surface area contributed by atoms with Crippen molar-refractivity contribution in [2.45, 2.75) is 45.1 Å². The van der Waals surface area contributed by atoms with Crippen LogP contribution >= 0.6 is 0 Å². The van der Waals surface area contributed by atoms with Gasteiger partial charge in [0.25, 0.3) is 0 Å². The molecule has 5 aromatic rings. The second-order valence-corrected chi connectivity index (χ2v) is 10.4. The van der Waals surface area contributed by atoms with Crippen molar-refractivity contribution in [2.75, 3.05) is 13.2 Å². The summed E-state index contributed by atoms with van der Waals surface area (Å²) in [4.78, 5) is 5.10. The molecule has 7 rings (SSSR count). The molecule has 2 aliphatic rings. The van der Waals surface area contributed by atoms with E-state index in [1.165, 1.54) is 46.0 Å². The molecular formula is C30H31N5O. The van der Waals surface area contributed by atoms with Crippen LogP contribution in [0.5, 0.6) is 0 Å². The van der Waals surface area contributed by atoms with Gasteiger partial charge in [0.15, 0.2) is 0 Å². The van der Waals surface area contributed by atoms with Gasteiger partial charge in [-0.3, -0.25) is 4.98 Å². The monoisotopic (exact) mass is 477 g/mol. The van der Waals surface area contributed by atoms with Crippen molar-refractivity contribution < 1.29 is 4.74 Å². The van der Waals surface area contributed by atoms with Gasteiger partial charge >= 0.3 is 0 Å². The minimum Gasteiger partial charge on any atom is -0.381 e. The molecule has 6 heteroatoms. The molecule has 6 nitrogen and oxygen atoms in total. The molecule has 0 N–H and O–H groups in total. The molecule has 2 aromatic carbocycles. The van der Waals surface area contributed by atoms with E-state index in [0.29, 0.717) is 5.92 Å². The van der Waals surface area contributed by atoms with Crippen LogP contribution in [-0.4, -0.2) is 37.8 Å². The number of nitrogens with zero attached hydrogens (tertiary/aromatic N) is 5. The maximum Gasteiger partial charge on any atom is 0.0960 e. The Morgan fingerprint density at radius 1 is 0.972 bits per heavy atom. The third-order valence-corrected chi connectivity index (χ3v) is 8.25. The van der Waals surface area contributed by atoms with Gasteiger partial charge in [0, 0.05) is 37.4 Å². The summed E-state index contributed by atoms with van der Waals surface area (Å²) >= 11 is 0. The van der Waals surface area contributed by atoms with E-state index >= 15 is 0 Å². The lowest BCUT2D eigenvalue weighted by molar-refractivity contribution is 0.0553. The number of hydrogen-bond acceptors (Lipinski definition) is 4. The fourth-order valence-corrected chi connectivity index (χ4v) is 6.57. The number of aryl methyl sites for hydroxylation is 4. The second-order valence-electron chi connectivity index (χ2n) is 10.4. The molecule has 0 amide bonds. The van der Waals surface area contributed by atoms with Crippen LogP contribution in [0.1, 0.15) is 47.7 Å². The van der Waals surface area contributed by atoms with Gasteiger partial charge in [0.2, 0.25) is 0 Å². The van der Waals surface area contributed by atoms with Crippen molar-refractivity contribution in [3.05, 3.63) is 77.1 Å². The Labute approximate surface area is 210 Å². The molecule has 36 heavy (non-hydrogen) atoms. The first-order chi connectivity index (χ1) is 17.7. The second kappa shape index (κ2) is 8.56. The van der Waals surface area contributed by atoms with Crippen LogP contribution in [0, 0.1) is 12.8 Å². The summed E-state index contributed by atoms with van der Waals surface area (Å²) < 4.78 is 10.3. The van der Waals surface area contributed by atoms with E-state index in [9.17, 15) is 0 Å².